The van der Waals surface area contributed by atoms with Gasteiger partial charge < -0.3 is 4.42 Å². The smallest absolute Gasteiger partial charge is 0.134 e. The number of benzene rings is 2. The molecule has 106 valence electrons. The molecule has 1 aromatic heterocycles. The van der Waals surface area contributed by atoms with Crippen LogP contribution in [0.25, 0.3) is 23.0 Å². The maximum atomic E-state index is 9.34. The first-order chi connectivity index (χ1) is 10.8. The summed E-state index contributed by atoms with van der Waals surface area (Å²) in [6.45, 7) is 0. The Kier molecular flexibility index (Phi) is 4.09. The molecule has 3 rings (SSSR count). The van der Waals surface area contributed by atoms with Crippen LogP contribution in [0.3, 0.4) is 0 Å². The van der Waals surface area contributed by atoms with Crippen LogP contribution in [-0.2, 0) is 0 Å². The van der Waals surface area contributed by atoms with E-state index in [1.807, 2.05) is 54.6 Å². The molecule has 3 heteroatoms. The van der Waals surface area contributed by atoms with Crippen LogP contribution in [0.1, 0.15) is 11.3 Å². The van der Waals surface area contributed by atoms with Crippen molar-refractivity contribution >= 4 is 23.3 Å². The van der Waals surface area contributed by atoms with Gasteiger partial charge in [-0.15, -0.1) is 0 Å². The van der Waals surface area contributed by atoms with Crippen molar-refractivity contribution in [1.29, 1.82) is 5.26 Å². The molecule has 0 amide bonds. The number of halogens is 1. The van der Waals surface area contributed by atoms with Crippen LogP contribution in [0.4, 0.5) is 0 Å². The van der Waals surface area contributed by atoms with E-state index >= 15 is 0 Å². The number of hydrogen-bond acceptors (Lipinski definition) is 2. The highest BCUT2D eigenvalue weighted by atomic mass is 35.5. The van der Waals surface area contributed by atoms with Gasteiger partial charge in [-0.25, -0.2) is 0 Å². The third-order valence-corrected chi connectivity index (χ3v) is 3.50. The molecule has 2 nitrogen and oxygen atoms in total. The van der Waals surface area contributed by atoms with Crippen LogP contribution in [0, 0.1) is 11.3 Å². The molecule has 0 spiro atoms. The van der Waals surface area contributed by atoms with Crippen molar-refractivity contribution in [3.63, 3.8) is 0 Å². The van der Waals surface area contributed by atoms with Gasteiger partial charge in [-0.3, -0.25) is 0 Å². The van der Waals surface area contributed by atoms with Crippen LogP contribution in [0.2, 0.25) is 5.02 Å². The van der Waals surface area contributed by atoms with Gasteiger partial charge in [-0.2, -0.15) is 5.26 Å². The van der Waals surface area contributed by atoms with Crippen molar-refractivity contribution < 1.29 is 4.42 Å². The van der Waals surface area contributed by atoms with E-state index in [0.29, 0.717) is 16.4 Å². The molecule has 0 bridgehead atoms. The maximum absolute atomic E-state index is 9.34. The summed E-state index contributed by atoms with van der Waals surface area (Å²) in [5.74, 6) is 1.42. The number of nitriles is 1. The second kappa shape index (κ2) is 6.34. The highest BCUT2D eigenvalue weighted by Crippen LogP contribution is 2.25. The van der Waals surface area contributed by atoms with Crippen molar-refractivity contribution in [3.8, 4) is 17.4 Å². The Balaban J connectivity index is 1.92. The van der Waals surface area contributed by atoms with E-state index in [1.165, 1.54) is 0 Å². The van der Waals surface area contributed by atoms with Gasteiger partial charge in [0.05, 0.1) is 11.6 Å². The largest absolute Gasteiger partial charge is 0.457 e. The van der Waals surface area contributed by atoms with Crippen molar-refractivity contribution in [3.05, 3.63) is 83.1 Å². The molecule has 0 atom stereocenters. The third kappa shape index (κ3) is 3.11. The van der Waals surface area contributed by atoms with E-state index in [-0.39, 0.29) is 0 Å². The predicted molar refractivity (Wildman–Crippen MR) is 89.1 cm³/mol. The Bertz CT molecular complexity index is 839. The second-order valence-electron chi connectivity index (χ2n) is 4.74. The highest BCUT2D eigenvalue weighted by Gasteiger charge is 2.06. The average Bonchev–Trinajstić information content (AvgIpc) is 3.03. The number of furan rings is 1. The monoisotopic (exact) mass is 305 g/mol. The first kappa shape index (κ1) is 14.2. The van der Waals surface area contributed by atoms with Gasteiger partial charge in [0.1, 0.15) is 11.5 Å². The maximum Gasteiger partial charge on any atom is 0.134 e. The van der Waals surface area contributed by atoms with Crippen molar-refractivity contribution in [2.45, 2.75) is 0 Å². The quantitative estimate of drug-likeness (QED) is 0.585. The lowest BCUT2D eigenvalue weighted by atomic mass is 10.1. The van der Waals surface area contributed by atoms with Crippen LogP contribution in [-0.4, -0.2) is 0 Å². The molecular formula is C19H12ClNO. The van der Waals surface area contributed by atoms with Crippen LogP contribution in [0.5, 0.6) is 0 Å². The van der Waals surface area contributed by atoms with Crippen molar-refractivity contribution in [1.82, 2.24) is 0 Å². The Morgan fingerprint density at radius 3 is 2.36 bits per heavy atom. The molecule has 0 unspecified atom stereocenters. The molecule has 2 aromatic carbocycles. The zero-order valence-corrected chi connectivity index (χ0v) is 12.4. The molecule has 0 N–H and O–H groups in total. The Morgan fingerprint density at radius 2 is 1.68 bits per heavy atom. The molecule has 0 aliphatic rings. The van der Waals surface area contributed by atoms with E-state index in [0.717, 1.165) is 16.9 Å². The van der Waals surface area contributed by atoms with Crippen molar-refractivity contribution in [2.75, 3.05) is 0 Å². The van der Waals surface area contributed by atoms with E-state index in [9.17, 15) is 5.26 Å². The van der Waals surface area contributed by atoms with Gasteiger partial charge in [0, 0.05) is 10.6 Å². The number of allylic oxidation sites excluding steroid dienone is 1. The summed E-state index contributed by atoms with van der Waals surface area (Å²) in [7, 11) is 0. The van der Waals surface area contributed by atoms with Crippen molar-refractivity contribution in [2.24, 2.45) is 0 Å². The predicted octanol–water partition coefficient (Wildman–Crippen LogP) is 5.66. The zero-order valence-electron chi connectivity index (χ0n) is 11.7. The number of nitrogens with zero attached hydrogens (tertiary/aromatic N) is 1. The fourth-order valence-corrected chi connectivity index (χ4v) is 2.27. The standard InChI is InChI=1S/C19H12ClNO/c20-17-8-6-14(7-9-17)16(13-21)12-18-10-11-19(22-18)15-4-2-1-3-5-15/h1-12H. The molecule has 0 fully saturated rings. The molecular weight excluding hydrogens is 294 g/mol. The SMILES string of the molecule is N#CC(=Cc1ccc(-c2ccccc2)o1)c1ccc(Cl)cc1. The molecule has 0 radical (unpaired) electrons. The van der Waals surface area contributed by atoms with Crippen LogP contribution in [0.15, 0.2) is 71.1 Å². The van der Waals surface area contributed by atoms with E-state index in [2.05, 4.69) is 6.07 Å². The minimum Gasteiger partial charge on any atom is -0.457 e. The highest BCUT2D eigenvalue weighted by molar-refractivity contribution is 6.30. The Morgan fingerprint density at radius 1 is 0.955 bits per heavy atom. The number of hydrogen-bond donors (Lipinski definition) is 0. The first-order valence-corrected chi connectivity index (χ1v) is 7.17. The van der Waals surface area contributed by atoms with E-state index < -0.39 is 0 Å². The van der Waals surface area contributed by atoms with E-state index in [1.54, 1.807) is 18.2 Å². The summed E-state index contributed by atoms with van der Waals surface area (Å²) in [5, 5.41) is 9.98. The molecule has 0 aliphatic heterocycles. The molecule has 22 heavy (non-hydrogen) atoms. The summed E-state index contributed by atoms with van der Waals surface area (Å²) in [6, 6.07) is 23.0. The van der Waals surface area contributed by atoms with Gasteiger partial charge >= 0.3 is 0 Å². The normalized spacial score (nSPS) is 11.2. The lowest BCUT2D eigenvalue weighted by molar-refractivity contribution is 0.572. The zero-order chi connectivity index (χ0) is 15.4. The molecule has 3 aromatic rings. The van der Waals surface area contributed by atoms with Gasteiger partial charge in [-0.05, 0) is 35.9 Å². The molecule has 0 aliphatic carbocycles. The van der Waals surface area contributed by atoms with Gasteiger partial charge in [0.15, 0.2) is 0 Å². The Hall–Kier alpha value is -2.76. The van der Waals surface area contributed by atoms with Crippen LogP contribution >= 0.6 is 11.6 Å². The van der Waals surface area contributed by atoms with Gasteiger partial charge in [-0.1, -0.05) is 54.1 Å². The summed E-state index contributed by atoms with van der Waals surface area (Å²) in [4.78, 5) is 0. The van der Waals surface area contributed by atoms with Gasteiger partial charge in [0.2, 0.25) is 0 Å². The fraction of sp³-hybridized carbons (Fsp3) is 0. The summed E-state index contributed by atoms with van der Waals surface area (Å²) in [6.07, 6.45) is 1.73. The summed E-state index contributed by atoms with van der Waals surface area (Å²) in [5.41, 5.74) is 2.35. The lowest BCUT2D eigenvalue weighted by Gasteiger charge is -1.99. The first-order valence-electron chi connectivity index (χ1n) is 6.79. The summed E-state index contributed by atoms with van der Waals surface area (Å²) >= 11 is 5.87. The van der Waals surface area contributed by atoms with Crippen LogP contribution < -0.4 is 0 Å². The molecule has 0 saturated heterocycles. The molecule has 1 heterocycles. The number of rotatable bonds is 3. The lowest BCUT2D eigenvalue weighted by Crippen LogP contribution is -1.80. The Labute approximate surface area is 133 Å². The summed E-state index contributed by atoms with van der Waals surface area (Å²) < 4.78 is 5.79. The fourth-order valence-electron chi connectivity index (χ4n) is 2.14. The topological polar surface area (TPSA) is 36.9 Å². The average molecular weight is 306 g/mol. The van der Waals surface area contributed by atoms with Gasteiger partial charge in [0.25, 0.3) is 0 Å². The third-order valence-electron chi connectivity index (χ3n) is 3.25. The minimum absolute atomic E-state index is 0.533. The minimum atomic E-state index is 0.533. The van der Waals surface area contributed by atoms with E-state index in [4.69, 9.17) is 16.0 Å². The molecule has 0 saturated carbocycles. The second-order valence-corrected chi connectivity index (χ2v) is 5.18.